The van der Waals surface area contributed by atoms with Gasteiger partial charge in [0, 0.05) is 10.7 Å². The third kappa shape index (κ3) is 5.40. The van der Waals surface area contributed by atoms with Gasteiger partial charge in [0.2, 0.25) is 5.94 Å². The van der Waals surface area contributed by atoms with Gasteiger partial charge in [0.15, 0.2) is 0 Å². The Bertz CT molecular complexity index is 943. The maximum absolute atomic E-state index is 12.1. The van der Waals surface area contributed by atoms with Crippen molar-refractivity contribution >= 4 is 27.3 Å². The molecule has 0 bridgehead atoms. The average molecular weight is 390 g/mol. The van der Waals surface area contributed by atoms with Crippen LogP contribution in [0.4, 0.5) is 5.69 Å². The van der Waals surface area contributed by atoms with Gasteiger partial charge in [0.05, 0.1) is 0 Å². The highest BCUT2D eigenvalue weighted by molar-refractivity contribution is 7.92. The standard InChI is InChI=1S/C19H16ClNO4S/c20-15-6-8-16(9-7-15)21-26(22,23)14-24-17-10-12-19(13-11-17)25-18-4-2-1-3-5-18/h1-13,21H,14H2. The van der Waals surface area contributed by atoms with E-state index in [1.807, 2.05) is 30.3 Å². The molecule has 0 atom stereocenters. The second-order valence-corrected chi connectivity index (χ2v) is 7.48. The molecular weight excluding hydrogens is 374 g/mol. The molecule has 0 saturated carbocycles. The van der Waals surface area contributed by atoms with Gasteiger partial charge in [-0.25, -0.2) is 8.42 Å². The minimum Gasteiger partial charge on any atom is -0.476 e. The Hall–Kier alpha value is -2.70. The molecule has 0 aliphatic carbocycles. The molecule has 0 amide bonds. The van der Waals surface area contributed by atoms with Crippen LogP contribution in [0.15, 0.2) is 78.9 Å². The highest BCUT2D eigenvalue weighted by Gasteiger charge is 2.11. The Morgan fingerprint density at radius 2 is 1.35 bits per heavy atom. The lowest BCUT2D eigenvalue weighted by Gasteiger charge is -2.10. The van der Waals surface area contributed by atoms with Gasteiger partial charge >= 0.3 is 0 Å². The Morgan fingerprint density at radius 3 is 2.00 bits per heavy atom. The van der Waals surface area contributed by atoms with E-state index < -0.39 is 16.0 Å². The predicted octanol–water partition coefficient (Wildman–Crippen LogP) is 4.91. The molecule has 3 aromatic carbocycles. The van der Waals surface area contributed by atoms with E-state index in [0.717, 1.165) is 5.75 Å². The molecule has 0 spiro atoms. The monoisotopic (exact) mass is 389 g/mol. The van der Waals surface area contributed by atoms with Crippen LogP contribution in [0.5, 0.6) is 17.2 Å². The number of benzene rings is 3. The quantitative estimate of drug-likeness (QED) is 0.623. The first kappa shape index (κ1) is 18.1. The van der Waals surface area contributed by atoms with Crippen molar-refractivity contribution in [3.05, 3.63) is 83.9 Å². The number of hydrogen-bond donors (Lipinski definition) is 1. The third-order valence-corrected chi connectivity index (χ3v) is 4.53. The molecule has 0 heterocycles. The summed E-state index contributed by atoms with van der Waals surface area (Å²) >= 11 is 5.78. The van der Waals surface area contributed by atoms with Crippen LogP contribution in [0.1, 0.15) is 0 Å². The SMILES string of the molecule is O=S(=O)(COc1ccc(Oc2ccccc2)cc1)Nc1ccc(Cl)cc1. The van der Waals surface area contributed by atoms with Crippen LogP contribution in [-0.4, -0.2) is 14.4 Å². The summed E-state index contributed by atoms with van der Waals surface area (Å²) in [5.74, 6) is 1.27. The molecule has 0 aromatic heterocycles. The normalized spacial score (nSPS) is 11.0. The Labute approximate surface area is 157 Å². The smallest absolute Gasteiger partial charge is 0.268 e. The van der Waals surface area contributed by atoms with E-state index in [1.54, 1.807) is 48.5 Å². The fraction of sp³-hybridized carbons (Fsp3) is 0.0526. The zero-order valence-electron chi connectivity index (χ0n) is 13.6. The van der Waals surface area contributed by atoms with E-state index in [4.69, 9.17) is 21.1 Å². The topological polar surface area (TPSA) is 64.6 Å². The van der Waals surface area contributed by atoms with Crippen molar-refractivity contribution in [2.24, 2.45) is 0 Å². The molecule has 134 valence electrons. The molecule has 1 N–H and O–H groups in total. The van der Waals surface area contributed by atoms with Gasteiger partial charge in [-0.05, 0) is 60.7 Å². The van der Waals surface area contributed by atoms with Crippen molar-refractivity contribution in [2.75, 3.05) is 10.7 Å². The molecule has 3 rings (SSSR count). The van der Waals surface area contributed by atoms with Crippen LogP contribution in [0, 0.1) is 0 Å². The van der Waals surface area contributed by atoms with E-state index in [1.165, 1.54) is 0 Å². The molecule has 0 fully saturated rings. The number of rotatable bonds is 7. The number of nitrogens with one attached hydrogen (secondary N) is 1. The summed E-state index contributed by atoms with van der Waals surface area (Å²) in [6.07, 6.45) is 0. The van der Waals surface area contributed by atoms with E-state index >= 15 is 0 Å². The van der Waals surface area contributed by atoms with Crippen molar-refractivity contribution < 1.29 is 17.9 Å². The number of sulfonamides is 1. The van der Waals surface area contributed by atoms with Gasteiger partial charge in [-0.3, -0.25) is 4.72 Å². The first-order chi connectivity index (χ1) is 12.5. The van der Waals surface area contributed by atoms with E-state index in [0.29, 0.717) is 22.2 Å². The Balaban J connectivity index is 1.56. The second kappa shape index (κ2) is 8.12. The lowest BCUT2D eigenvalue weighted by atomic mass is 10.3. The van der Waals surface area contributed by atoms with Gasteiger partial charge in [0.25, 0.3) is 10.0 Å². The summed E-state index contributed by atoms with van der Waals surface area (Å²) in [6, 6.07) is 22.4. The van der Waals surface area contributed by atoms with Crippen LogP contribution in [0.3, 0.4) is 0 Å². The number of hydrogen-bond acceptors (Lipinski definition) is 4. The van der Waals surface area contributed by atoms with Crippen LogP contribution >= 0.6 is 11.6 Å². The van der Waals surface area contributed by atoms with Crippen LogP contribution < -0.4 is 14.2 Å². The molecule has 0 aliphatic rings. The molecule has 0 radical (unpaired) electrons. The number of para-hydroxylation sites is 1. The number of halogens is 1. The average Bonchev–Trinajstić information content (AvgIpc) is 2.64. The molecule has 0 unspecified atom stereocenters. The maximum Gasteiger partial charge on any atom is 0.268 e. The molecule has 26 heavy (non-hydrogen) atoms. The molecule has 5 nitrogen and oxygen atoms in total. The third-order valence-electron chi connectivity index (χ3n) is 3.30. The number of ether oxygens (including phenoxy) is 2. The molecule has 3 aromatic rings. The highest BCUT2D eigenvalue weighted by atomic mass is 35.5. The Morgan fingerprint density at radius 1 is 0.769 bits per heavy atom. The predicted molar refractivity (Wildman–Crippen MR) is 102 cm³/mol. The fourth-order valence-corrected chi connectivity index (χ4v) is 3.07. The first-order valence-corrected chi connectivity index (χ1v) is 9.75. The van der Waals surface area contributed by atoms with Gasteiger partial charge in [-0.1, -0.05) is 29.8 Å². The van der Waals surface area contributed by atoms with Crippen molar-refractivity contribution in [1.29, 1.82) is 0 Å². The van der Waals surface area contributed by atoms with Gasteiger partial charge in [-0.15, -0.1) is 0 Å². The first-order valence-electron chi connectivity index (χ1n) is 7.72. The summed E-state index contributed by atoms with van der Waals surface area (Å²) in [5, 5.41) is 0.530. The van der Waals surface area contributed by atoms with Crippen LogP contribution in [0.25, 0.3) is 0 Å². The van der Waals surface area contributed by atoms with Gasteiger partial charge in [-0.2, -0.15) is 0 Å². The summed E-state index contributed by atoms with van der Waals surface area (Å²) in [6.45, 7) is 0. The van der Waals surface area contributed by atoms with Crippen molar-refractivity contribution in [3.63, 3.8) is 0 Å². The largest absolute Gasteiger partial charge is 0.476 e. The van der Waals surface area contributed by atoms with Crippen molar-refractivity contribution in [2.45, 2.75) is 0 Å². The van der Waals surface area contributed by atoms with Crippen LogP contribution in [-0.2, 0) is 10.0 Å². The van der Waals surface area contributed by atoms with E-state index in [-0.39, 0.29) is 0 Å². The minimum absolute atomic E-state index is 0.421. The zero-order chi connectivity index (χ0) is 18.4. The lowest BCUT2D eigenvalue weighted by molar-refractivity contribution is 0.377. The maximum atomic E-state index is 12.1. The molecule has 7 heteroatoms. The fourth-order valence-electron chi connectivity index (χ4n) is 2.10. The lowest BCUT2D eigenvalue weighted by Crippen LogP contribution is -2.20. The molecule has 0 saturated heterocycles. The van der Waals surface area contributed by atoms with Crippen LogP contribution in [0.2, 0.25) is 5.02 Å². The second-order valence-electron chi connectivity index (χ2n) is 5.37. The van der Waals surface area contributed by atoms with E-state index in [9.17, 15) is 8.42 Å². The van der Waals surface area contributed by atoms with Crippen molar-refractivity contribution in [1.82, 2.24) is 0 Å². The molecule has 0 aliphatic heterocycles. The summed E-state index contributed by atoms with van der Waals surface area (Å²) < 4.78 is 37.6. The molecular formula is C19H16ClNO4S. The highest BCUT2D eigenvalue weighted by Crippen LogP contribution is 2.23. The summed E-state index contributed by atoms with van der Waals surface area (Å²) in [7, 11) is -3.65. The zero-order valence-corrected chi connectivity index (χ0v) is 15.2. The minimum atomic E-state index is -3.65. The van der Waals surface area contributed by atoms with E-state index in [2.05, 4.69) is 4.72 Å². The number of anilines is 1. The summed E-state index contributed by atoms with van der Waals surface area (Å²) in [4.78, 5) is 0. The Kier molecular flexibility index (Phi) is 5.65. The van der Waals surface area contributed by atoms with Crippen molar-refractivity contribution in [3.8, 4) is 17.2 Å². The van der Waals surface area contributed by atoms with Gasteiger partial charge in [0.1, 0.15) is 17.2 Å². The van der Waals surface area contributed by atoms with Gasteiger partial charge < -0.3 is 9.47 Å². The summed E-state index contributed by atoms with van der Waals surface area (Å²) in [5.41, 5.74) is 0.421.